The molecule has 104 valence electrons. The Labute approximate surface area is 125 Å². The van der Waals surface area contributed by atoms with E-state index in [4.69, 9.17) is 0 Å². The summed E-state index contributed by atoms with van der Waals surface area (Å²) in [6.07, 6.45) is 7.52. The smallest absolute Gasteiger partial charge is 0.194 e. The normalized spacial score (nSPS) is 14.1. The SMILES string of the molecule is c1ccc(C[n+]2cc3c(c4ccccc42)CCCC3)cc1. The number of benzene rings is 2. The molecule has 0 fully saturated rings. The summed E-state index contributed by atoms with van der Waals surface area (Å²) in [7, 11) is 0. The third kappa shape index (κ3) is 2.33. The molecule has 3 aromatic rings. The van der Waals surface area contributed by atoms with E-state index in [1.165, 1.54) is 42.1 Å². The van der Waals surface area contributed by atoms with Crippen LogP contribution in [0.5, 0.6) is 0 Å². The van der Waals surface area contributed by atoms with Crippen LogP contribution < -0.4 is 4.57 Å². The maximum absolute atomic E-state index is 2.43. The monoisotopic (exact) mass is 274 g/mol. The molecule has 0 amide bonds. The summed E-state index contributed by atoms with van der Waals surface area (Å²) in [4.78, 5) is 0. The zero-order valence-electron chi connectivity index (χ0n) is 12.3. The van der Waals surface area contributed by atoms with E-state index < -0.39 is 0 Å². The fraction of sp³-hybridized carbons (Fsp3) is 0.250. The zero-order valence-corrected chi connectivity index (χ0v) is 12.3. The second-order valence-electron chi connectivity index (χ2n) is 5.97. The number of rotatable bonds is 2. The summed E-state index contributed by atoms with van der Waals surface area (Å²) in [6, 6.07) is 19.6. The number of aryl methyl sites for hydroxylation is 2. The van der Waals surface area contributed by atoms with Gasteiger partial charge in [0.05, 0.1) is 0 Å². The lowest BCUT2D eigenvalue weighted by atomic mass is 9.90. The Hall–Kier alpha value is -2.15. The molecule has 0 aliphatic heterocycles. The first-order valence-electron chi connectivity index (χ1n) is 7.89. The summed E-state index contributed by atoms with van der Waals surface area (Å²) in [5, 5.41) is 1.45. The van der Waals surface area contributed by atoms with E-state index in [2.05, 4.69) is 65.4 Å². The highest BCUT2D eigenvalue weighted by Crippen LogP contribution is 2.26. The van der Waals surface area contributed by atoms with Gasteiger partial charge >= 0.3 is 0 Å². The Morgan fingerprint density at radius 2 is 1.57 bits per heavy atom. The van der Waals surface area contributed by atoms with Gasteiger partial charge in [-0.3, -0.25) is 0 Å². The van der Waals surface area contributed by atoms with E-state index in [9.17, 15) is 0 Å². The van der Waals surface area contributed by atoms with Gasteiger partial charge in [-0.15, -0.1) is 0 Å². The highest BCUT2D eigenvalue weighted by atomic mass is 14.9. The summed E-state index contributed by atoms with van der Waals surface area (Å²) < 4.78 is 2.43. The zero-order chi connectivity index (χ0) is 14.1. The molecule has 1 aliphatic carbocycles. The van der Waals surface area contributed by atoms with Crippen molar-refractivity contribution < 1.29 is 4.57 Å². The molecule has 21 heavy (non-hydrogen) atoms. The lowest BCUT2D eigenvalue weighted by molar-refractivity contribution is -0.662. The second-order valence-corrected chi connectivity index (χ2v) is 5.97. The average molecular weight is 274 g/mol. The molecule has 2 aromatic carbocycles. The molecule has 0 saturated heterocycles. The van der Waals surface area contributed by atoms with Gasteiger partial charge in [0.2, 0.25) is 5.52 Å². The highest BCUT2D eigenvalue weighted by Gasteiger charge is 2.20. The molecule has 0 unspecified atom stereocenters. The van der Waals surface area contributed by atoms with Gasteiger partial charge in [-0.1, -0.05) is 42.5 Å². The summed E-state index contributed by atoms with van der Waals surface area (Å²) in [5.74, 6) is 0. The largest absolute Gasteiger partial charge is 0.213 e. The van der Waals surface area contributed by atoms with Crippen LogP contribution in [-0.4, -0.2) is 0 Å². The van der Waals surface area contributed by atoms with Crippen LogP contribution in [0.3, 0.4) is 0 Å². The first-order valence-corrected chi connectivity index (χ1v) is 7.89. The van der Waals surface area contributed by atoms with Gasteiger partial charge in [-0.2, -0.15) is 4.57 Å². The van der Waals surface area contributed by atoms with Crippen LogP contribution in [-0.2, 0) is 19.4 Å². The van der Waals surface area contributed by atoms with Crippen LogP contribution in [0.25, 0.3) is 10.9 Å². The Kier molecular flexibility index (Phi) is 3.19. The molecule has 1 heteroatoms. The maximum atomic E-state index is 2.43. The minimum atomic E-state index is 0.953. The van der Waals surface area contributed by atoms with Crippen LogP contribution in [0.1, 0.15) is 29.5 Å². The molecular formula is C20H20N+. The van der Waals surface area contributed by atoms with Gasteiger partial charge in [0.15, 0.2) is 12.7 Å². The maximum Gasteiger partial charge on any atom is 0.213 e. The molecule has 0 spiro atoms. The van der Waals surface area contributed by atoms with Crippen LogP contribution >= 0.6 is 0 Å². The van der Waals surface area contributed by atoms with Crippen molar-refractivity contribution in [3.05, 3.63) is 77.5 Å². The van der Waals surface area contributed by atoms with Crippen LogP contribution in [0, 0.1) is 0 Å². The lowest BCUT2D eigenvalue weighted by Gasteiger charge is -2.16. The van der Waals surface area contributed by atoms with Crippen molar-refractivity contribution in [2.24, 2.45) is 0 Å². The molecule has 0 saturated carbocycles. The number of pyridine rings is 1. The van der Waals surface area contributed by atoms with Crippen LogP contribution in [0.15, 0.2) is 60.8 Å². The molecule has 4 rings (SSSR count). The van der Waals surface area contributed by atoms with E-state index in [1.807, 2.05) is 0 Å². The van der Waals surface area contributed by atoms with Crippen molar-refractivity contribution in [2.75, 3.05) is 0 Å². The van der Waals surface area contributed by atoms with E-state index in [1.54, 1.807) is 11.1 Å². The highest BCUT2D eigenvalue weighted by molar-refractivity contribution is 5.80. The first kappa shape index (κ1) is 12.6. The summed E-state index contributed by atoms with van der Waals surface area (Å²) in [6.45, 7) is 0.953. The number of aromatic nitrogens is 1. The van der Waals surface area contributed by atoms with E-state index in [0.29, 0.717) is 0 Å². The lowest BCUT2D eigenvalue weighted by Crippen LogP contribution is -2.36. The molecule has 1 heterocycles. The summed E-state index contributed by atoms with van der Waals surface area (Å²) >= 11 is 0. The number of hydrogen-bond acceptors (Lipinski definition) is 0. The molecule has 0 radical (unpaired) electrons. The first-order chi connectivity index (χ1) is 10.4. The third-order valence-electron chi connectivity index (χ3n) is 4.56. The van der Waals surface area contributed by atoms with Gasteiger partial charge < -0.3 is 0 Å². The van der Waals surface area contributed by atoms with Crippen molar-refractivity contribution >= 4 is 10.9 Å². The van der Waals surface area contributed by atoms with E-state index in [0.717, 1.165) is 6.54 Å². The fourth-order valence-corrected chi connectivity index (χ4v) is 3.53. The van der Waals surface area contributed by atoms with Gasteiger partial charge in [0.1, 0.15) is 0 Å². The third-order valence-corrected chi connectivity index (χ3v) is 4.56. The van der Waals surface area contributed by atoms with Crippen LogP contribution in [0.4, 0.5) is 0 Å². The van der Waals surface area contributed by atoms with Crippen molar-refractivity contribution in [1.82, 2.24) is 0 Å². The van der Waals surface area contributed by atoms with Crippen molar-refractivity contribution in [3.8, 4) is 0 Å². The molecule has 1 aliphatic rings. The predicted octanol–water partition coefficient (Wildman–Crippen LogP) is 4.05. The topological polar surface area (TPSA) is 3.88 Å². The minimum absolute atomic E-state index is 0.953. The van der Waals surface area contributed by atoms with Crippen molar-refractivity contribution in [3.63, 3.8) is 0 Å². The van der Waals surface area contributed by atoms with Gasteiger partial charge in [0, 0.05) is 22.6 Å². The Morgan fingerprint density at radius 1 is 0.810 bits per heavy atom. The van der Waals surface area contributed by atoms with Crippen LogP contribution in [0.2, 0.25) is 0 Å². The predicted molar refractivity (Wildman–Crippen MR) is 86.3 cm³/mol. The average Bonchev–Trinajstić information content (AvgIpc) is 2.56. The standard InChI is InChI=1S/C20H20N/c1-2-8-16(9-3-1)14-21-15-17-10-4-5-11-18(17)19-12-6-7-13-20(19)21/h1-3,6-9,12-13,15H,4-5,10-11,14H2/q+1. The Morgan fingerprint density at radius 3 is 2.48 bits per heavy atom. The van der Waals surface area contributed by atoms with Gasteiger partial charge in [-0.25, -0.2) is 0 Å². The molecular weight excluding hydrogens is 254 g/mol. The van der Waals surface area contributed by atoms with Crippen molar-refractivity contribution in [2.45, 2.75) is 32.2 Å². The molecule has 0 N–H and O–H groups in total. The molecule has 0 bridgehead atoms. The van der Waals surface area contributed by atoms with E-state index in [-0.39, 0.29) is 0 Å². The Balaban J connectivity index is 1.88. The molecule has 1 aromatic heterocycles. The second kappa shape index (κ2) is 5.33. The number of nitrogens with zero attached hydrogens (tertiary/aromatic N) is 1. The van der Waals surface area contributed by atoms with Gasteiger partial charge in [0.25, 0.3) is 0 Å². The minimum Gasteiger partial charge on any atom is -0.194 e. The number of hydrogen-bond donors (Lipinski definition) is 0. The fourth-order valence-electron chi connectivity index (χ4n) is 3.53. The summed E-state index contributed by atoms with van der Waals surface area (Å²) in [5.41, 5.74) is 5.86. The van der Waals surface area contributed by atoms with E-state index >= 15 is 0 Å². The molecule has 1 nitrogen and oxygen atoms in total. The number of para-hydroxylation sites is 1. The molecule has 0 atom stereocenters. The van der Waals surface area contributed by atoms with Gasteiger partial charge in [-0.05, 0) is 37.3 Å². The quantitative estimate of drug-likeness (QED) is 0.621. The van der Waals surface area contributed by atoms with Crippen molar-refractivity contribution in [1.29, 1.82) is 0 Å². The Bertz CT molecular complexity index is 774. The number of fused-ring (bicyclic) bond motifs is 3.